The van der Waals surface area contributed by atoms with Crippen LogP contribution in [0.5, 0.6) is 0 Å². The fraction of sp³-hybridized carbons (Fsp3) is 0.148. The molecule has 3 aromatic rings. The summed E-state index contributed by atoms with van der Waals surface area (Å²) in [5.74, 6) is -3.35. The predicted octanol–water partition coefficient (Wildman–Crippen LogP) is 4.95. The topological polar surface area (TPSA) is 105 Å². The van der Waals surface area contributed by atoms with E-state index in [1.54, 1.807) is 0 Å². The lowest BCUT2D eigenvalue weighted by atomic mass is 9.98. The summed E-state index contributed by atoms with van der Waals surface area (Å²) < 4.78 is 20.4. The molecule has 178 valence electrons. The lowest BCUT2D eigenvalue weighted by Crippen LogP contribution is -2.40. The Morgan fingerprint density at radius 3 is 2.23 bits per heavy atom. The van der Waals surface area contributed by atoms with Gasteiger partial charge in [-0.15, -0.1) is 6.58 Å². The van der Waals surface area contributed by atoms with Gasteiger partial charge in [0, 0.05) is 5.92 Å². The Bertz CT molecular complexity index is 1260. The van der Waals surface area contributed by atoms with Crippen LogP contribution in [0.2, 0.25) is 0 Å². The molecule has 1 aliphatic carbocycles. The van der Waals surface area contributed by atoms with Gasteiger partial charge in [0.05, 0.1) is 11.3 Å². The lowest BCUT2D eigenvalue weighted by Gasteiger charge is -2.16. The molecule has 0 heterocycles. The zero-order chi connectivity index (χ0) is 24.9. The average molecular weight is 474 g/mol. The molecule has 0 saturated carbocycles. The third-order valence-electron chi connectivity index (χ3n) is 5.83. The van der Waals surface area contributed by atoms with E-state index >= 15 is 0 Å². The quantitative estimate of drug-likeness (QED) is 0.401. The van der Waals surface area contributed by atoms with Crippen LogP contribution in [-0.4, -0.2) is 35.7 Å². The number of nitrogens with one attached hydrogen (secondary N) is 2. The number of amides is 2. The molecule has 3 aromatic carbocycles. The van der Waals surface area contributed by atoms with Crippen molar-refractivity contribution in [3.8, 4) is 11.1 Å². The van der Waals surface area contributed by atoms with Gasteiger partial charge in [0.1, 0.15) is 12.6 Å². The highest BCUT2D eigenvalue weighted by Gasteiger charge is 2.29. The Morgan fingerprint density at radius 1 is 1.00 bits per heavy atom. The normalized spacial score (nSPS) is 12.7. The Kier molecular flexibility index (Phi) is 6.91. The molecule has 0 spiro atoms. The lowest BCUT2D eigenvalue weighted by molar-refractivity contribution is -0.139. The molecule has 0 saturated heterocycles. The van der Waals surface area contributed by atoms with Gasteiger partial charge in [-0.05, 0) is 40.8 Å². The maximum Gasteiger partial charge on any atom is 0.411 e. The fourth-order valence-electron chi connectivity index (χ4n) is 4.17. The SMILES string of the molecule is C=CCC(NC(=O)c1cccc(NC(=O)OCC2c3ccccc3-c3ccccc32)c1F)C(=O)O. The second-order valence-corrected chi connectivity index (χ2v) is 8.01. The van der Waals surface area contributed by atoms with Crippen LogP contribution in [0.4, 0.5) is 14.9 Å². The summed E-state index contributed by atoms with van der Waals surface area (Å²) in [5, 5.41) is 13.8. The van der Waals surface area contributed by atoms with Crippen molar-refractivity contribution in [2.24, 2.45) is 0 Å². The summed E-state index contributed by atoms with van der Waals surface area (Å²) in [7, 11) is 0. The third-order valence-corrected chi connectivity index (χ3v) is 5.83. The molecule has 2 amide bonds. The Balaban J connectivity index is 1.44. The summed E-state index contributed by atoms with van der Waals surface area (Å²) in [5.41, 5.74) is 3.58. The minimum Gasteiger partial charge on any atom is -0.480 e. The number of hydrogen-bond donors (Lipinski definition) is 3. The van der Waals surface area contributed by atoms with Gasteiger partial charge in [-0.3, -0.25) is 10.1 Å². The van der Waals surface area contributed by atoms with E-state index in [4.69, 9.17) is 4.74 Å². The van der Waals surface area contributed by atoms with Crippen LogP contribution >= 0.6 is 0 Å². The van der Waals surface area contributed by atoms with Crippen LogP contribution in [0.3, 0.4) is 0 Å². The first-order valence-electron chi connectivity index (χ1n) is 11.0. The molecule has 0 aliphatic heterocycles. The van der Waals surface area contributed by atoms with Crippen LogP contribution in [0.25, 0.3) is 11.1 Å². The average Bonchev–Trinajstić information content (AvgIpc) is 3.17. The first kappa shape index (κ1) is 23.7. The first-order chi connectivity index (χ1) is 16.9. The Morgan fingerprint density at radius 2 is 1.63 bits per heavy atom. The van der Waals surface area contributed by atoms with Crippen molar-refractivity contribution in [1.82, 2.24) is 5.32 Å². The first-order valence-corrected chi connectivity index (χ1v) is 11.0. The molecule has 4 rings (SSSR count). The van der Waals surface area contributed by atoms with Gasteiger partial charge in [-0.2, -0.15) is 0 Å². The number of carboxylic acids is 1. The number of carbonyl (C=O) groups is 3. The molecule has 3 N–H and O–H groups in total. The molecular weight excluding hydrogens is 451 g/mol. The molecule has 0 aromatic heterocycles. The predicted molar refractivity (Wildman–Crippen MR) is 129 cm³/mol. The van der Waals surface area contributed by atoms with Gasteiger partial charge < -0.3 is 15.2 Å². The number of carboxylic acid groups (broad SMARTS) is 1. The van der Waals surface area contributed by atoms with Gasteiger partial charge in [-0.25, -0.2) is 14.0 Å². The number of carbonyl (C=O) groups excluding carboxylic acids is 2. The van der Waals surface area contributed by atoms with Crippen LogP contribution in [-0.2, 0) is 9.53 Å². The molecule has 1 atom stereocenters. The van der Waals surface area contributed by atoms with Gasteiger partial charge in [0.2, 0.25) is 0 Å². The molecular formula is C27H23FN2O5. The zero-order valence-corrected chi connectivity index (χ0v) is 18.7. The van der Waals surface area contributed by atoms with E-state index in [1.165, 1.54) is 24.3 Å². The molecule has 1 unspecified atom stereocenters. The van der Waals surface area contributed by atoms with Crippen molar-refractivity contribution < 1.29 is 28.6 Å². The van der Waals surface area contributed by atoms with Crippen LogP contribution in [0.1, 0.15) is 33.8 Å². The maximum absolute atomic E-state index is 15.0. The van der Waals surface area contributed by atoms with E-state index in [9.17, 15) is 23.9 Å². The van der Waals surface area contributed by atoms with E-state index in [1.807, 2.05) is 48.5 Å². The number of halogens is 1. The Hall–Kier alpha value is -4.46. The highest BCUT2D eigenvalue weighted by atomic mass is 19.1. The summed E-state index contributed by atoms with van der Waals surface area (Å²) in [4.78, 5) is 36.2. The monoisotopic (exact) mass is 474 g/mol. The number of anilines is 1. The van der Waals surface area contributed by atoms with Gasteiger partial charge in [-0.1, -0.05) is 60.7 Å². The van der Waals surface area contributed by atoms with Gasteiger partial charge in [0.25, 0.3) is 5.91 Å². The van der Waals surface area contributed by atoms with Crippen molar-refractivity contribution in [2.75, 3.05) is 11.9 Å². The van der Waals surface area contributed by atoms with Gasteiger partial charge in [0.15, 0.2) is 5.82 Å². The largest absolute Gasteiger partial charge is 0.480 e. The smallest absolute Gasteiger partial charge is 0.411 e. The van der Waals surface area contributed by atoms with E-state index < -0.39 is 35.4 Å². The van der Waals surface area contributed by atoms with Crippen LogP contribution < -0.4 is 10.6 Å². The molecule has 0 radical (unpaired) electrons. The number of benzene rings is 3. The molecule has 7 nitrogen and oxygen atoms in total. The van der Waals surface area contributed by atoms with E-state index in [0.717, 1.165) is 22.3 Å². The maximum atomic E-state index is 15.0. The minimum atomic E-state index is -1.27. The number of rotatable bonds is 8. The molecule has 0 bridgehead atoms. The molecule has 1 aliphatic rings. The molecule has 35 heavy (non-hydrogen) atoms. The van der Waals surface area contributed by atoms with E-state index in [0.29, 0.717) is 0 Å². The van der Waals surface area contributed by atoms with Crippen molar-refractivity contribution in [3.05, 3.63) is 102 Å². The fourth-order valence-corrected chi connectivity index (χ4v) is 4.17. The van der Waals surface area contributed by atoms with Crippen molar-refractivity contribution in [3.63, 3.8) is 0 Å². The number of aliphatic carboxylic acids is 1. The summed E-state index contributed by atoms with van der Waals surface area (Å²) >= 11 is 0. The zero-order valence-electron chi connectivity index (χ0n) is 18.7. The number of hydrogen-bond acceptors (Lipinski definition) is 4. The second kappa shape index (κ2) is 10.2. The number of ether oxygens (including phenoxy) is 1. The summed E-state index contributed by atoms with van der Waals surface area (Å²) in [6.07, 6.45) is 0.434. The van der Waals surface area contributed by atoms with Crippen molar-refractivity contribution in [2.45, 2.75) is 18.4 Å². The van der Waals surface area contributed by atoms with Crippen LogP contribution in [0, 0.1) is 5.82 Å². The Labute approximate surface area is 201 Å². The van der Waals surface area contributed by atoms with E-state index in [-0.39, 0.29) is 24.6 Å². The molecule has 0 fully saturated rings. The highest BCUT2D eigenvalue weighted by Crippen LogP contribution is 2.44. The standard InChI is InChI=1S/C27H23FN2O5/c1-2-8-23(26(32)33)29-25(31)20-13-7-14-22(24(20)28)30-27(34)35-15-21-18-11-5-3-9-16(18)17-10-4-6-12-19(17)21/h2-7,9-14,21,23H,1,8,15H2,(H,29,31)(H,30,34)(H,32,33). The minimum absolute atomic E-state index is 0.0274. The molecule has 8 heteroatoms. The van der Waals surface area contributed by atoms with Crippen LogP contribution in [0.15, 0.2) is 79.4 Å². The summed E-state index contributed by atoms with van der Waals surface area (Å²) in [6, 6.07) is 18.4. The summed E-state index contributed by atoms with van der Waals surface area (Å²) in [6.45, 7) is 3.49. The third kappa shape index (κ3) is 4.91. The van der Waals surface area contributed by atoms with Crippen molar-refractivity contribution in [1.29, 1.82) is 0 Å². The number of fused-ring (bicyclic) bond motifs is 3. The van der Waals surface area contributed by atoms with Crippen molar-refractivity contribution >= 4 is 23.7 Å². The van der Waals surface area contributed by atoms with E-state index in [2.05, 4.69) is 17.2 Å². The van der Waals surface area contributed by atoms with Gasteiger partial charge >= 0.3 is 12.1 Å². The second-order valence-electron chi connectivity index (χ2n) is 8.01. The highest BCUT2D eigenvalue weighted by molar-refractivity contribution is 5.98.